The third-order valence-electron chi connectivity index (χ3n) is 3.44. The maximum atomic E-state index is 5.29. The first-order valence-corrected chi connectivity index (χ1v) is 6.61. The Balaban J connectivity index is 1.80. The molecule has 4 aromatic rings. The zero-order valence-electron chi connectivity index (χ0n) is 11.4. The van der Waals surface area contributed by atoms with Gasteiger partial charge in [-0.05, 0) is 24.3 Å². The van der Waals surface area contributed by atoms with Gasteiger partial charge in [0.05, 0.1) is 22.9 Å². The van der Waals surface area contributed by atoms with Crippen molar-refractivity contribution in [2.75, 3.05) is 0 Å². The van der Waals surface area contributed by atoms with Crippen LogP contribution in [0.2, 0.25) is 0 Å². The fourth-order valence-corrected chi connectivity index (χ4v) is 2.38. The van der Waals surface area contributed by atoms with Crippen LogP contribution in [-0.4, -0.2) is 19.5 Å². The van der Waals surface area contributed by atoms with Gasteiger partial charge in [0.15, 0.2) is 11.6 Å². The van der Waals surface area contributed by atoms with Gasteiger partial charge in [0.1, 0.15) is 5.82 Å². The predicted molar refractivity (Wildman–Crippen MR) is 79.4 cm³/mol. The highest BCUT2D eigenvalue weighted by atomic mass is 16.3. The van der Waals surface area contributed by atoms with E-state index in [1.165, 1.54) is 0 Å². The van der Waals surface area contributed by atoms with Crippen LogP contribution in [0.1, 0.15) is 0 Å². The van der Waals surface area contributed by atoms with Crippen LogP contribution in [0, 0.1) is 0 Å². The minimum absolute atomic E-state index is 0.572. The maximum Gasteiger partial charge on any atom is 0.195 e. The molecule has 0 fully saturated rings. The van der Waals surface area contributed by atoms with Crippen LogP contribution in [0.15, 0.2) is 59.5 Å². The van der Waals surface area contributed by atoms with Gasteiger partial charge in [-0.3, -0.25) is 0 Å². The van der Waals surface area contributed by atoms with Crippen LogP contribution < -0.4 is 0 Å². The van der Waals surface area contributed by atoms with Crippen LogP contribution in [-0.2, 0) is 7.05 Å². The van der Waals surface area contributed by atoms with Gasteiger partial charge in [0, 0.05) is 19.4 Å². The summed E-state index contributed by atoms with van der Waals surface area (Å²) in [5.74, 6) is 2.08. The zero-order chi connectivity index (χ0) is 14.2. The van der Waals surface area contributed by atoms with E-state index >= 15 is 0 Å². The Bertz CT molecular complexity index is 892. The molecule has 0 aliphatic rings. The number of hydrogen-bond donors (Lipinski definition) is 0. The molecule has 0 amide bonds. The van der Waals surface area contributed by atoms with E-state index in [1.54, 1.807) is 18.7 Å². The smallest absolute Gasteiger partial charge is 0.195 e. The Morgan fingerprint density at radius 1 is 1.00 bits per heavy atom. The topological polar surface area (TPSA) is 56.7 Å². The summed E-state index contributed by atoms with van der Waals surface area (Å²) in [5, 5.41) is 0. The number of imidazole rings is 1. The van der Waals surface area contributed by atoms with Crippen molar-refractivity contribution >= 4 is 11.0 Å². The van der Waals surface area contributed by atoms with Crippen LogP contribution in [0.5, 0.6) is 0 Å². The lowest BCUT2D eigenvalue weighted by Gasteiger charge is -2.02. The summed E-state index contributed by atoms with van der Waals surface area (Å²) in [7, 11) is 1.99. The largest absolute Gasteiger partial charge is 0.461 e. The van der Waals surface area contributed by atoms with Gasteiger partial charge in [-0.1, -0.05) is 12.1 Å². The molecule has 0 bridgehead atoms. The number of rotatable bonds is 2. The number of fused-ring (bicyclic) bond motifs is 1. The lowest BCUT2D eigenvalue weighted by molar-refractivity contribution is 0.577. The molecule has 0 atom stereocenters. The molecule has 0 spiro atoms. The van der Waals surface area contributed by atoms with Crippen molar-refractivity contribution in [3.8, 4) is 23.0 Å². The molecule has 4 rings (SSSR count). The monoisotopic (exact) mass is 276 g/mol. The Morgan fingerprint density at radius 3 is 2.52 bits per heavy atom. The molecule has 1 aromatic carbocycles. The molecule has 0 saturated carbocycles. The Morgan fingerprint density at radius 2 is 1.81 bits per heavy atom. The summed E-state index contributed by atoms with van der Waals surface area (Å²) in [6.07, 6.45) is 5.15. The molecule has 3 aromatic heterocycles. The SMILES string of the molecule is Cn1c(-c2cnc(-c3ccco3)nc2)nc2ccccc21. The van der Waals surface area contributed by atoms with E-state index in [-0.39, 0.29) is 0 Å². The maximum absolute atomic E-state index is 5.29. The first-order chi connectivity index (χ1) is 10.3. The van der Waals surface area contributed by atoms with Crippen molar-refractivity contribution in [2.24, 2.45) is 7.05 Å². The van der Waals surface area contributed by atoms with E-state index in [1.807, 2.05) is 48.0 Å². The van der Waals surface area contributed by atoms with Crippen LogP contribution in [0.4, 0.5) is 0 Å². The minimum atomic E-state index is 0.572. The van der Waals surface area contributed by atoms with E-state index in [9.17, 15) is 0 Å². The molecule has 21 heavy (non-hydrogen) atoms. The van der Waals surface area contributed by atoms with Gasteiger partial charge < -0.3 is 8.98 Å². The van der Waals surface area contributed by atoms with Crippen molar-refractivity contribution < 1.29 is 4.42 Å². The summed E-state index contributed by atoms with van der Waals surface area (Å²) in [6, 6.07) is 11.7. The summed E-state index contributed by atoms with van der Waals surface area (Å²) in [4.78, 5) is 13.3. The number of para-hydroxylation sites is 2. The minimum Gasteiger partial charge on any atom is -0.461 e. The van der Waals surface area contributed by atoms with Gasteiger partial charge in [-0.25, -0.2) is 15.0 Å². The molecule has 3 heterocycles. The molecular weight excluding hydrogens is 264 g/mol. The average Bonchev–Trinajstić information content (AvgIpc) is 3.17. The van der Waals surface area contributed by atoms with E-state index < -0.39 is 0 Å². The fourth-order valence-electron chi connectivity index (χ4n) is 2.38. The molecule has 102 valence electrons. The molecule has 0 N–H and O–H groups in total. The molecule has 0 aliphatic carbocycles. The number of benzene rings is 1. The van der Waals surface area contributed by atoms with Gasteiger partial charge in [0.25, 0.3) is 0 Å². The molecular formula is C16H12N4O. The molecule has 0 unspecified atom stereocenters. The van der Waals surface area contributed by atoms with Crippen molar-refractivity contribution in [1.29, 1.82) is 0 Å². The van der Waals surface area contributed by atoms with Gasteiger partial charge in [-0.15, -0.1) is 0 Å². The lowest BCUT2D eigenvalue weighted by atomic mass is 10.3. The Hall–Kier alpha value is -2.95. The van der Waals surface area contributed by atoms with E-state index in [0.717, 1.165) is 22.4 Å². The van der Waals surface area contributed by atoms with E-state index in [2.05, 4.69) is 15.0 Å². The van der Waals surface area contributed by atoms with Gasteiger partial charge in [0.2, 0.25) is 0 Å². The van der Waals surface area contributed by atoms with Crippen molar-refractivity contribution in [3.05, 3.63) is 55.1 Å². The summed E-state index contributed by atoms with van der Waals surface area (Å²) >= 11 is 0. The van der Waals surface area contributed by atoms with E-state index in [0.29, 0.717) is 11.6 Å². The van der Waals surface area contributed by atoms with Crippen LogP contribution in [0.3, 0.4) is 0 Å². The highest BCUT2D eigenvalue weighted by Crippen LogP contribution is 2.23. The van der Waals surface area contributed by atoms with Crippen molar-refractivity contribution in [3.63, 3.8) is 0 Å². The molecule has 0 saturated heterocycles. The molecule has 0 radical (unpaired) electrons. The summed E-state index contributed by atoms with van der Waals surface area (Å²) < 4.78 is 7.33. The van der Waals surface area contributed by atoms with Crippen molar-refractivity contribution in [2.45, 2.75) is 0 Å². The summed E-state index contributed by atoms with van der Waals surface area (Å²) in [5.41, 5.74) is 2.93. The normalized spacial score (nSPS) is 11.1. The fraction of sp³-hybridized carbons (Fsp3) is 0.0625. The second kappa shape index (κ2) is 4.56. The molecule has 0 aliphatic heterocycles. The Labute approximate surface area is 120 Å². The van der Waals surface area contributed by atoms with Gasteiger partial charge >= 0.3 is 0 Å². The van der Waals surface area contributed by atoms with Crippen LogP contribution in [0.25, 0.3) is 34.0 Å². The third-order valence-corrected chi connectivity index (χ3v) is 3.44. The quantitative estimate of drug-likeness (QED) is 0.563. The number of furan rings is 1. The number of hydrogen-bond acceptors (Lipinski definition) is 4. The highest BCUT2D eigenvalue weighted by Gasteiger charge is 2.11. The lowest BCUT2D eigenvalue weighted by Crippen LogP contribution is -1.95. The standard InChI is InChI=1S/C16H12N4O/c1-20-13-6-3-2-5-12(13)19-16(20)11-9-17-15(18-10-11)14-7-4-8-21-14/h2-10H,1H3. The second-order valence-corrected chi connectivity index (χ2v) is 4.76. The predicted octanol–water partition coefficient (Wildman–Crippen LogP) is 3.29. The van der Waals surface area contributed by atoms with Gasteiger partial charge in [-0.2, -0.15) is 0 Å². The zero-order valence-corrected chi connectivity index (χ0v) is 11.4. The Kier molecular flexibility index (Phi) is 2.57. The first-order valence-electron chi connectivity index (χ1n) is 6.61. The summed E-state index contributed by atoms with van der Waals surface area (Å²) in [6.45, 7) is 0. The average molecular weight is 276 g/mol. The van der Waals surface area contributed by atoms with E-state index in [4.69, 9.17) is 4.42 Å². The van der Waals surface area contributed by atoms with Crippen LogP contribution >= 0.6 is 0 Å². The second-order valence-electron chi connectivity index (χ2n) is 4.76. The third kappa shape index (κ3) is 1.90. The number of aryl methyl sites for hydroxylation is 1. The van der Waals surface area contributed by atoms with Crippen molar-refractivity contribution in [1.82, 2.24) is 19.5 Å². The number of nitrogens with zero attached hydrogens (tertiary/aromatic N) is 4. The first kappa shape index (κ1) is 11.8. The highest BCUT2D eigenvalue weighted by molar-refractivity contribution is 5.80. The molecule has 5 heteroatoms. The molecule has 5 nitrogen and oxygen atoms in total. The number of aromatic nitrogens is 4.